The summed E-state index contributed by atoms with van der Waals surface area (Å²) in [6.07, 6.45) is 9.24. The van der Waals surface area contributed by atoms with Crippen molar-refractivity contribution in [1.29, 1.82) is 10.9 Å². The molecule has 1 aliphatic carbocycles. The third-order valence-corrected chi connectivity index (χ3v) is 5.02. The highest BCUT2D eigenvalue weighted by Gasteiger charge is 2.11. The maximum Gasteiger partial charge on any atom is 0.173 e. The molecular formula is C22H21N5. The van der Waals surface area contributed by atoms with Crippen molar-refractivity contribution in [3.8, 4) is 0 Å². The molecule has 1 unspecified atom stereocenters. The SMILES string of the molecule is N=NC(=N)c1ccc2c(ccn2Cc2cccc(C3C=CC(N)=CC3)c2)c1. The zero-order chi connectivity index (χ0) is 18.8. The minimum absolute atomic E-state index is 0.0208. The fourth-order valence-electron chi connectivity index (χ4n) is 3.55. The van der Waals surface area contributed by atoms with Crippen LogP contribution in [0.3, 0.4) is 0 Å². The first-order chi connectivity index (χ1) is 13.1. The molecule has 0 spiro atoms. The molecule has 1 atom stereocenters. The lowest BCUT2D eigenvalue weighted by Crippen LogP contribution is -2.04. The lowest BCUT2D eigenvalue weighted by atomic mass is 9.91. The number of amidine groups is 1. The van der Waals surface area contributed by atoms with Crippen molar-refractivity contribution in [2.45, 2.75) is 18.9 Å². The van der Waals surface area contributed by atoms with E-state index in [2.05, 4.69) is 52.3 Å². The molecule has 0 bridgehead atoms. The van der Waals surface area contributed by atoms with Gasteiger partial charge in [-0.2, -0.15) is 0 Å². The van der Waals surface area contributed by atoms with Crippen LogP contribution in [0.15, 0.2) is 83.8 Å². The van der Waals surface area contributed by atoms with Gasteiger partial charge >= 0.3 is 0 Å². The van der Waals surface area contributed by atoms with Crippen molar-refractivity contribution in [2.75, 3.05) is 0 Å². The number of rotatable bonds is 4. The number of allylic oxidation sites excluding steroid dienone is 3. The summed E-state index contributed by atoms with van der Waals surface area (Å²) in [6, 6.07) is 16.5. The fraction of sp³-hybridized carbons (Fsp3) is 0.136. The molecule has 0 amide bonds. The minimum atomic E-state index is -0.0208. The van der Waals surface area contributed by atoms with E-state index in [0.717, 1.165) is 29.6 Å². The van der Waals surface area contributed by atoms with Crippen LogP contribution in [0, 0.1) is 10.9 Å². The Morgan fingerprint density at radius 2 is 2.07 bits per heavy atom. The molecule has 0 aliphatic heterocycles. The number of aromatic nitrogens is 1. The van der Waals surface area contributed by atoms with Gasteiger partial charge in [0.2, 0.25) is 0 Å². The average molecular weight is 355 g/mol. The number of nitrogens with two attached hydrogens (primary N) is 1. The molecule has 4 N–H and O–H groups in total. The number of hydrogen-bond acceptors (Lipinski definition) is 3. The number of nitrogens with zero attached hydrogens (tertiary/aromatic N) is 2. The van der Waals surface area contributed by atoms with Crippen LogP contribution in [0.25, 0.3) is 10.9 Å². The van der Waals surface area contributed by atoms with E-state index in [0.29, 0.717) is 11.5 Å². The van der Waals surface area contributed by atoms with Crippen LogP contribution < -0.4 is 5.73 Å². The summed E-state index contributed by atoms with van der Waals surface area (Å²) >= 11 is 0. The predicted octanol–water partition coefficient (Wildman–Crippen LogP) is 4.93. The average Bonchev–Trinajstić information content (AvgIpc) is 3.10. The van der Waals surface area contributed by atoms with Crippen LogP contribution in [-0.4, -0.2) is 10.4 Å². The van der Waals surface area contributed by atoms with E-state index in [9.17, 15) is 0 Å². The molecule has 134 valence electrons. The predicted molar refractivity (Wildman–Crippen MR) is 108 cm³/mol. The van der Waals surface area contributed by atoms with Crippen molar-refractivity contribution in [3.05, 3.63) is 95.3 Å². The summed E-state index contributed by atoms with van der Waals surface area (Å²) in [6.45, 7) is 0.783. The second-order valence-corrected chi connectivity index (χ2v) is 6.83. The quantitative estimate of drug-likeness (QED) is 0.345. The van der Waals surface area contributed by atoms with Gasteiger partial charge in [0.05, 0.1) is 0 Å². The molecule has 1 aromatic heterocycles. The molecule has 0 fully saturated rings. The van der Waals surface area contributed by atoms with Crippen molar-refractivity contribution >= 4 is 16.7 Å². The first-order valence-electron chi connectivity index (χ1n) is 8.92. The van der Waals surface area contributed by atoms with Crippen molar-refractivity contribution in [3.63, 3.8) is 0 Å². The number of hydrogen-bond donors (Lipinski definition) is 3. The van der Waals surface area contributed by atoms with Gasteiger partial charge in [-0.25, -0.2) is 5.53 Å². The molecule has 0 radical (unpaired) electrons. The molecule has 0 saturated heterocycles. The highest BCUT2D eigenvalue weighted by atomic mass is 15.0. The molecule has 5 heteroatoms. The normalized spacial score (nSPS) is 16.3. The Balaban J connectivity index is 1.59. The Kier molecular flexibility index (Phi) is 4.42. The van der Waals surface area contributed by atoms with Crippen LogP contribution in [-0.2, 0) is 6.54 Å². The van der Waals surface area contributed by atoms with Gasteiger partial charge in [-0.05, 0) is 47.9 Å². The van der Waals surface area contributed by atoms with Gasteiger partial charge in [0.1, 0.15) is 0 Å². The maximum absolute atomic E-state index is 7.69. The summed E-state index contributed by atoms with van der Waals surface area (Å²) in [4.78, 5) is 0. The number of fused-ring (bicyclic) bond motifs is 1. The standard InChI is InChI=1S/C22H21N5/c23-20-7-4-16(5-8-20)17-3-1-2-15(12-17)14-27-11-10-18-13-19(22(24)26-25)6-9-21(18)27/h1-4,6-13,16,24-25H,5,14,23H2. The molecule has 4 rings (SSSR count). The molecule has 3 aromatic rings. The largest absolute Gasteiger partial charge is 0.399 e. The van der Waals surface area contributed by atoms with Crippen LogP contribution in [0.4, 0.5) is 0 Å². The Morgan fingerprint density at radius 3 is 2.85 bits per heavy atom. The van der Waals surface area contributed by atoms with E-state index < -0.39 is 0 Å². The molecule has 1 aliphatic rings. The number of benzene rings is 2. The van der Waals surface area contributed by atoms with Gasteiger partial charge in [-0.15, -0.1) is 5.11 Å². The number of nitrogens with one attached hydrogen (secondary N) is 2. The van der Waals surface area contributed by atoms with Gasteiger partial charge in [0, 0.05) is 40.8 Å². The second kappa shape index (κ2) is 7.03. The van der Waals surface area contributed by atoms with Gasteiger partial charge in [0.25, 0.3) is 0 Å². The third kappa shape index (κ3) is 3.44. The molecular weight excluding hydrogens is 334 g/mol. The summed E-state index contributed by atoms with van der Waals surface area (Å²) < 4.78 is 2.20. The molecule has 5 nitrogen and oxygen atoms in total. The third-order valence-electron chi connectivity index (χ3n) is 5.02. The van der Waals surface area contributed by atoms with E-state index in [4.69, 9.17) is 16.7 Å². The monoisotopic (exact) mass is 355 g/mol. The first-order valence-corrected chi connectivity index (χ1v) is 8.92. The Bertz CT molecular complexity index is 1090. The summed E-state index contributed by atoms with van der Waals surface area (Å²) in [7, 11) is 0. The second-order valence-electron chi connectivity index (χ2n) is 6.83. The smallest absolute Gasteiger partial charge is 0.173 e. The Morgan fingerprint density at radius 1 is 1.19 bits per heavy atom. The zero-order valence-electron chi connectivity index (χ0n) is 14.9. The molecule has 1 heterocycles. The topological polar surface area (TPSA) is 91.0 Å². The molecule has 2 aromatic carbocycles. The highest BCUT2D eigenvalue weighted by Crippen LogP contribution is 2.27. The van der Waals surface area contributed by atoms with Crippen LogP contribution in [0.1, 0.15) is 29.0 Å². The van der Waals surface area contributed by atoms with E-state index in [1.165, 1.54) is 11.1 Å². The summed E-state index contributed by atoms with van der Waals surface area (Å²) in [5.41, 5.74) is 18.0. The summed E-state index contributed by atoms with van der Waals surface area (Å²) in [5.74, 6) is 0.355. The van der Waals surface area contributed by atoms with Gasteiger partial charge in [0.15, 0.2) is 5.84 Å². The Labute approximate surface area is 157 Å². The van der Waals surface area contributed by atoms with E-state index >= 15 is 0 Å². The Hall–Kier alpha value is -3.47. The lowest BCUT2D eigenvalue weighted by Gasteiger charge is -2.16. The van der Waals surface area contributed by atoms with Crippen LogP contribution in [0.2, 0.25) is 0 Å². The van der Waals surface area contributed by atoms with Gasteiger partial charge < -0.3 is 10.3 Å². The van der Waals surface area contributed by atoms with Gasteiger partial charge in [-0.1, -0.05) is 36.4 Å². The van der Waals surface area contributed by atoms with E-state index in [1.54, 1.807) is 0 Å². The highest BCUT2D eigenvalue weighted by molar-refractivity contribution is 5.99. The fourth-order valence-corrected chi connectivity index (χ4v) is 3.55. The molecule has 0 saturated carbocycles. The van der Waals surface area contributed by atoms with Crippen molar-refractivity contribution < 1.29 is 0 Å². The lowest BCUT2D eigenvalue weighted by molar-refractivity contribution is 0.815. The van der Waals surface area contributed by atoms with Crippen LogP contribution in [0.5, 0.6) is 0 Å². The first kappa shape index (κ1) is 17.0. The maximum atomic E-state index is 7.69. The van der Waals surface area contributed by atoms with Crippen molar-refractivity contribution in [1.82, 2.24) is 4.57 Å². The molecule has 27 heavy (non-hydrogen) atoms. The summed E-state index contributed by atoms with van der Waals surface area (Å²) in [5, 5.41) is 12.0. The zero-order valence-corrected chi connectivity index (χ0v) is 14.9. The van der Waals surface area contributed by atoms with E-state index in [1.807, 2.05) is 30.3 Å². The van der Waals surface area contributed by atoms with E-state index in [-0.39, 0.29) is 5.84 Å². The minimum Gasteiger partial charge on any atom is -0.399 e. The van der Waals surface area contributed by atoms with Gasteiger partial charge in [-0.3, -0.25) is 5.41 Å². The van der Waals surface area contributed by atoms with Crippen LogP contribution >= 0.6 is 0 Å². The van der Waals surface area contributed by atoms with Crippen molar-refractivity contribution in [2.24, 2.45) is 10.8 Å².